The SMILES string of the molecule is Cc1cc(C(=O)N2CCN(S(C)(=O)=O)CC2)c2ccc(F)cc2n1. The summed E-state index contributed by atoms with van der Waals surface area (Å²) in [6.07, 6.45) is 1.17. The summed E-state index contributed by atoms with van der Waals surface area (Å²) in [5.74, 6) is -0.592. The van der Waals surface area contributed by atoms with Gasteiger partial charge in [-0.1, -0.05) is 0 Å². The van der Waals surface area contributed by atoms with Crippen LogP contribution < -0.4 is 0 Å². The number of halogens is 1. The van der Waals surface area contributed by atoms with Crippen molar-refractivity contribution in [3.05, 3.63) is 41.3 Å². The van der Waals surface area contributed by atoms with Crippen LogP contribution in [0.1, 0.15) is 16.1 Å². The molecule has 1 fully saturated rings. The maximum atomic E-state index is 13.4. The van der Waals surface area contributed by atoms with E-state index in [0.29, 0.717) is 35.2 Å². The Hall–Kier alpha value is -2.06. The lowest BCUT2D eigenvalue weighted by Gasteiger charge is -2.33. The topological polar surface area (TPSA) is 70.6 Å². The van der Waals surface area contributed by atoms with Crippen molar-refractivity contribution < 1.29 is 17.6 Å². The number of amides is 1. The van der Waals surface area contributed by atoms with Crippen molar-refractivity contribution in [2.75, 3.05) is 32.4 Å². The van der Waals surface area contributed by atoms with Gasteiger partial charge in [0.05, 0.1) is 17.3 Å². The molecule has 1 aromatic heterocycles. The van der Waals surface area contributed by atoms with E-state index >= 15 is 0 Å². The van der Waals surface area contributed by atoms with Crippen LogP contribution in [0.15, 0.2) is 24.3 Å². The predicted octanol–water partition coefficient (Wildman–Crippen LogP) is 1.40. The lowest BCUT2D eigenvalue weighted by atomic mass is 10.1. The third-order valence-corrected chi connectivity index (χ3v) is 5.43. The molecule has 24 heavy (non-hydrogen) atoms. The summed E-state index contributed by atoms with van der Waals surface area (Å²) in [6, 6.07) is 5.85. The third kappa shape index (κ3) is 3.25. The predicted molar refractivity (Wildman–Crippen MR) is 88.8 cm³/mol. The van der Waals surface area contributed by atoms with Gasteiger partial charge in [-0.2, -0.15) is 4.31 Å². The molecule has 0 atom stereocenters. The van der Waals surface area contributed by atoms with Crippen molar-refractivity contribution in [2.24, 2.45) is 0 Å². The number of carbonyl (C=O) groups excluding carboxylic acids is 1. The van der Waals surface area contributed by atoms with Crippen LogP contribution in [-0.2, 0) is 10.0 Å². The van der Waals surface area contributed by atoms with Gasteiger partial charge in [-0.15, -0.1) is 0 Å². The molecule has 0 saturated carbocycles. The molecule has 1 aliphatic heterocycles. The number of sulfonamides is 1. The van der Waals surface area contributed by atoms with Gasteiger partial charge in [0.15, 0.2) is 0 Å². The Balaban J connectivity index is 1.90. The van der Waals surface area contributed by atoms with Crippen LogP contribution in [0.25, 0.3) is 10.9 Å². The van der Waals surface area contributed by atoms with Gasteiger partial charge in [0.25, 0.3) is 5.91 Å². The molecule has 2 aromatic rings. The summed E-state index contributed by atoms with van der Waals surface area (Å²) in [6.45, 7) is 2.97. The third-order valence-electron chi connectivity index (χ3n) is 4.13. The number of piperazine rings is 1. The van der Waals surface area contributed by atoms with Gasteiger partial charge in [0, 0.05) is 43.3 Å². The number of aryl methyl sites for hydroxylation is 1. The zero-order valence-electron chi connectivity index (χ0n) is 13.5. The van der Waals surface area contributed by atoms with Gasteiger partial charge in [0.1, 0.15) is 5.82 Å². The van der Waals surface area contributed by atoms with E-state index in [-0.39, 0.29) is 19.0 Å². The molecular weight excluding hydrogens is 333 g/mol. The molecule has 8 heteroatoms. The highest BCUT2D eigenvalue weighted by molar-refractivity contribution is 7.88. The molecule has 3 rings (SSSR count). The van der Waals surface area contributed by atoms with E-state index in [1.165, 1.54) is 22.7 Å². The summed E-state index contributed by atoms with van der Waals surface area (Å²) in [5.41, 5.74) is 1.53. The Morgan fingerprint density at radius 1 is 1.17 bits per heavy atom. The van der Waals surface area contributed by atoms with Crippen LogP contribution in [0.2, 0.25) is 0 Å². The number of hydrogen-bond acceptors (Lipinski definition) is 4. The van der Waals surface area contributed by atoms with Crippen molar-refractivity contribution >= 4 is 26.8 Å². The molecule has 0 radical (unpaired) electrons. The first kappa shape index (κ1) is 16.8. The van der Waals surface area contributed by atoms with Crippen molar-refractivity contribution in [1.29, 1.82) is 0 Å². The molecule has 1 amide bonds. The van der Waals surface area contributed by atoms with Gasteiger partial charge in [-0.25, -0.2) is 12.8 Å². The number of pyridine rings is 1. The van der Waals surface area contributed by atoms with Crippen LogP contribution >= 0.6 is 0 Å². The van der Waals surface area contributed by atoms with Crippen LogP contribution in [-0.4, -0.2) is 60.9 Å². The van der Waals surface area contributed by atoms with Crippen molar-refractivity contribution in [1.82, 2.24) is 14.2 Å². The van der Waals surface area contributed by atoms with Gasteiger partial charge in [0.2, 0.25) is 10.0 Å². The monoisotopic (exact) mass is 351 g/mol. The Labute approximate surface area is 139 Å². The molecule has 1 saturated heterocycles. The molecule has 0 N–H and O–H groups in total. The van der Waals surface area contributed by atoms with Gasteiger partial charge in [-0.05, 0) is 25.1 Å². The first-order valence-corrected chi connectivity index (χ1v) is 9.42. The highest BCUT2D eigenvalue weighted by atomic mass is 32.2. The fraction of sp³-hybridized carbons (Fsp3) is 0.375. The van der Waals surface area contributed by atoms with Crippen molar-refractivity contribution in [3.8, 4) is 0 Å². The number of nitrogens with zero attached hydrogens (tertiary/aromatic N) is 3. The van der Waals surface area contributed by atoms with Crippen LogP contribution in [0.3, 0.4) is 0 Å². The lowest BCUT2D eigenvalue weighted by Crippen LogP contribution is -2.50. The Kier molecular flexibility index (Phi) is 4.27. The number of carbonyl (C=O) groups is 1. The first-order valence-electron chi connectivity index (χ1n) is 7.57. The van der Waals surface area contributed by atoms with Crippen LogP contribution in [0.5, 0.6) is 0 Å². The Morgan fingerprint density at radius 3 is 2.46 bits per heavy atom. The Bertz CT molecular complexity index is 901. The van der Waals surface area contributed by atoms with E-state index in [2.05, 4.69) is 4.98 Å². The minimum Gasteiger partial charge on any atom is -0.336 e. The second kappa shape index (κ2) is 6.10. The van der Waals surface area contributed by atoms with Crippen LogP contribution in [0.4, 0.5) is 4.39 Å². The molecule has 1 aromatic carbocycles. The summed E-state index contributed by atoms with van der Waals surface area (Å²) in [7, 11) is -3.24. The molecule has 1 aliphatic rings. The molecule has 2 heterocycles. The number of benzene rings is 1. The molecule has 0 bridgehead atoms. The van der Waals surface area contributed by atoms with Crippen molar-refractivity contribution in [2.45, 2.75) is 6.92 Å². The number of fused-ring (bicyclic) bond motifs is 1. The van der Waals surface area contributed by atoms with E-state index in [0.717, 1.165) is 0 Å². The molecule has 0 unspecified atom stereocenters. The largest absolute Gasteiger partial charge is 0.336 e. The lowest BCUT2D eigenvalue weighted by molar-refractivity contribution is 0.0700. The fourth-order valence-corrected chi connectivity index (χ4v) is 3.73. The van der Waals surface area contributed by atoms with E-state index in [4.69, 9.17) is 0 Å². The van der Waals surface area contributed by atoms with Gasteiger partial charge >= 0.3 is 0 Å². The van der Waals surface area contributed by atoms with E-state index in [9.17, 15) is 17.6 Å². The molecule has 128 valence electrons. The maximum Gasteiger partial charge on any atom is 0.254 e. The van der Waals surface area contributed by atoms with Gasteiger partial charge in [-0.3, -0.25) is 9.78 Å². The molecular formula is C16H18FN3O3S. The van der Waals surface area contributed by atoms with Crippen LogP contribution in [0, 0.1) is 12.7 Å². The van der Waals surface area contributed by atoms with E-state index < -0.39 is 15.8 Å². The summed E-state index contributed by atoms with van der Waals surface area (Å²) in [4.78, 5) is 18.7. The Morgan fingerprint density at radius 2 is 1.83 bits per heavy atom. The van der Waals surface area contributed by atoms with E-state index in [1.807, 2.05) is 0 Å². The average Bonchev–Trinajstić information content (AvgIpc) is 2.52. The number of hydrogen-bond donors (Lipinski definition) is 0. The van der Waals surface area contributed by atoms with E-state index in [1.54, 1.807) is 24.0 Å². The zero-order valence-corrected chi connectivity index (χ0v) is 14.3. The number of rotatable bonds is 2. The summed E-state index contributed by atoms with van der Waals surface area (Å²) < 4.78 is 37.9. The normalized spacial score (nSPS) is 16.5. The quantitative estimate of drug-likeness (QED) is 0.820. The highest BCUT2D eigenvalue weighted by Crippen LogP contribution is 2.22. The number of aromatic nitrogens is 1. The smallest absolute Gasteiger partial charge is 0.254 e. The van der Waals surface area contributed by atoms with Crippen molar-refractivity contribution in [3.63, 3.8) is 0 Å². The first-order chi connectivity index (χ1) is 11.3. The standard InChI is InChI=1S/C16H18FN3O3S/c1-11-9-14(13-4-3-12(17)10-15(13)18-11)16(21)19-5-7-20(8-6-19)24(2,22)23/h3-4,9-10H,5-8H2,1-2H3. The fourth-order valence-electron chi connectivity index (χ4n) is 2.90. The second-order valence-corrected chi connectivity index (χ2v) is 7.91. The molecule has 0 aliphatic carbocycles. The highest BCUT2D eigenvalue weighted by Gasteiger charge is 2.27. The summed E-state index contributed by atoms with van der Waals surface area (Å²) in [5, 5.41) is 0.595. The molecule has 6 nitrogen and oxygen atoms in total. The average molecular weight is 351 g/mol. The van der Waals surface area contributed by atoms with Gasteiger partial charge < -0.3 is 4.90 Å². The maximum absolute atomic E-state index is 13.4. The minimum atomic E-state index is -3.24. The zero-order chi connectivity index (χ0) is 17.5. The summed E-state index contributed by atoms with van der Waals surface area (Å²) >= 11 is 0. The minimum absolute atomic E-state index is 0.190. The molecule has 0 spiro atoms. The second-order valence-electron chi connectivity index (χ2n) is 5.93.